The van der Waals surface area contributed by atoms with Crippen LogP contribution in [-0.4, -0.2) is 16.2 Å². The Morgan fingerprint density at radius 1 is 0.482 bits per heavy atom. The van der Waals surface area contributed by atoms with Crippen molar-refractivity contribution in [1.82, 2.24) is 9.88 Å². The first-order valence-corrected chi connectivity index (χ1v) is 19.0. The van der Waals surface area contributed by atoms with E-state index in [-0.39, 0.29) is 0 Å². The summed E-state index contributed by atoms with van der Waals surface area (Å²) in [5.41, 5.74) is 7.87. The van der Waals surface area contributed by atoms with Gasteiger partial charge in [-0.15, -0.1) is 0 Å². The molecule has 56 heavy (non-hydrogen) atoms. The highest BCUT2D eigenvalue weighted by Gasteiger charge is 2.26. The molecular weight excluding hydrogens is 685 g/mol. The Labute approximate surface area is 321 Å². The van der Waals surface area contributed by atoms with E-state index in [4.69, 9.17) is 14.4 Å². The Balaban J connectivity index is 1.21. The molecular formula is C51H32N4O. The van der Waals surface area contributed by atoms with E-state index < -0.39 is 6.17 Å². The summed E-state index contributed by atoms with van der Waals surface area (Å²) in [5.74, 6) is 1.47. The van der Waals surface area contributed by atoms with Crippen LogP contribution in [0.25, 0.3) is 81.7 Å². The van der Waals surface area contributed by atoms with Gasteiger partial charge in [0.2, 0.25) is 0 Å². The molecule has 9 aromatic carbocycles. The number of hydrogen-bond acceptors (Lipinski definition) is 4. The highest BCUT2D eigenvalue weighted by atomic mass is 16.3. The molecule has 0 aliphatic carbocycles. The zero-order chi connectivity index (χ0) is 36.7. The molecule has 11 aromatic rings. The predicted octanol–water partition coefficient (Wildman–Crippen LogP) is 12.6. The minimum atomic E-state index is -0.435. The van der Waals surface area contributed by atoms with Crippen molar-refractivity contribution >= 4 is 87.7 Å². The summed E-state index contributed by atoms with van der Waals surface area (Å²) in [7, 11) is 0. The van der Waals surface area contributed by atoms with Gasteiger partial charge in [-0.25, -0.2) is 9.98 Å². The van der Waals surface area contributed by atoms with Crippen LogP contribution in [0.4, 0.5) is 0 Å². The van der Waals surface area contributed by atoms with Crippen LogP contribution in [0.2, 0.25) is 0 Å². The molecule has 1 N–H and O–H groups in total. The number of aliphatic imine (C=N–C) groups is 2. The van der Waals surface area contributed by atoms with Crippen LogP contribution in [0.5, 0.6) is 0 Å². The smallest absolute Gasteiger partial charge is 0.159 e. The molecule has 3 heterocycles. The van der Waals surface area contributed by atoms with Crippen molar-refractivity contribution in [1.29, 1.82) is 0 Å². The second-order valence-corrected chi connectivity index (χ2v) is 14.6. The zero-order valence-corrected chi connectivity index (χ0v) is 30.1. The lowest BCUT2D eigenvalue weighted by Crippen LogP contribution is -2.33. The third-order valence-corrected chi connectivity index (χ3v) is 11.3. The minimum Gasteiger partial charge on any atom is -0.454 e. The van der Waals surface area contributed by atoms with Gasteiger partial charge in [0.15, 0.2) is 11.4 Å². The Hall–Kier alpha value is -7.50. The first-order chi connectivity index (χ1) is 27.7. The van der Waals surface area contributed by atoms with Crippen molar-refractivity contribution in [3.05, 3.63) is 199 Å². The van der Waals surface area contributed by atoms with Crippen LogP contribution in [-0.2, 0) is 0 Å². The minimum absolute atomic E-state index is 0.435. The Morgan fingerprint density at radius 3 is 1.71 bits per heavy atom. The molecule has 12 rings (SSSR count). The quantitative estimate of drug-likeness (QED) is 0.197. The van der Waals surface area contributed by atoms with Crippen molar-refractivity contribution in [2.75, 3.05) is 0 Å². The summed E-state index contributed by atoms with van der Waals surface area (Å²) in [6.45, 7) is 0. The van der Waals surface area contributed by atoms with Crippen LogP contribution in [0.1, 0.15) is 22.9 Å². The van der Waals surface area contributed by atoms with Gasteiger partial charge in [0.25, 0.3) is 0 Å². The van der Waals surface area contributed by atoms with E-state index >= 15 is 0 Å². The fourth-order valence-corrected chi connectivity index (χ4v) is 8.70. The predicted molar refractivity (Wildman–Crippen MR) is 232 cm³/mol. The normalized spacial score (nSPS) is 14.6. The molecule has 0 saturated heterocycles. The molecule has 1 aliphatic rings. The number of fused-ring (bicyclic) bond motifs is 10. The number of benzene rings is 9. The molecule has 1 unspecified atom stereocenters. The summed E-state index contributed by atoms with van der Waals surface area (Å²) in [6.07, 6.45) is -0.435. The Morgan fingerprint density at radius 2 is 1.05 bits per heavy atom. The fraction of sp³-hybridized carbons (Fsp3) is 0.0196. The molecule has 0 fully saturated rings. The number of nitrogens with one attached hydrogen (secondary N) is 1. The summed E-state index contributed by atoms with van der Waals surface area (Å²) >= 11 is 0. The van der Waals surface area contributed by atoms with Crippen molar-refractivity contribution in [2.24, 2.45) is 9.98 Å². The first kappa shape index (κ1) is 30.9. The topological polar surface area (TPSA) is 54.8 Å². The molecule has 262 valence electrons. The molecule has 1 aliphatic heterocycles. The SMILES string of the molecule is c1ccc(C2=NC(c3cc(-n4c5cc6ccccc6cc5c5cc6ccccc6cc54)c4oc5ccc6ccccc6c5c4c3)NC(c3ccccc3)=N2)cc1. The first-order valence-electron chi connectivity index (χ1n) is 19.0. The van der Waals surface area contributed by atoms with Gasteiger partial charge >= 0.3 is 0 Å². The van der Waals surface area contributed by atoms with Gasteiger partial charge in [-0.1, -0.05) is 140 Å². The van der Waals surface area contributed by atoms with Gasteiger partial charge in [0, 0.05) is 32.7 Å². The maximum atomic E-state index is 7.01. The van der Waals surface area contributed by atoms with Crippen LogP contribution >= 0.6 is 0 Å². The number of aromatic nitrogens is 1. The second-order valence-electron chi connectivity index (χ2n) is 14.6. The lowest BCUT2D eigenvalue weighted by molar-refractivity contribution is 0.661. The molecule has 0 spiro atoms. The van der Waals surface area contributed by atoms with E-state index in [1.54, 1.807) is 0 Å². The zero-order valence-electron chi connectivity index (χ0n) is 30.1. The van der Waals surface area contributed by atoms with Crippen molar-refractivity contribution < 1.29 is 4.42 Å². The van der Waals surface area contributed by atoms with Crippen molar-refractivity contribution in [3.8, 4) is 5.69 Å². The highest BCUT2D eigenvalue weighted by Crippen LogP contribution is 2.43. The molecule has 0 radical (unpaired) electrons. The van der Waals surface area contributed by atoms with E-state index in [1.165, 1.54) is 37.7 Å². The number of amidine groups is 2. The van der Waals surface area contributed by atoms with Gasteiger partial charge in [0.1, 0.15) is 17.6 Å². The maximum absolute atomic E-state index is 7.01. The van der Waals surface area contributed by atoms with Gasteiger partial charge in [0.05, 0.1) is 16.7 Å². The Bertz CT molecular complexity index is 3350. The molecule has 0 saturated carbocycles. The van der Waals surface area contributed by atoms with Gasteiger partial charge in [-0.3, -0.25) is 0 Å². The lowest BCUT2D eigenvalue weighted by Gasteiger charge is -2.24. The van der Waals surface area contributed by atoms with Crippen LogP contribution in [0.15, 0.2) is 196 Å². The number of furan rings is 1. The molecule has 0 bridgehead atoms. The summed E-state index contributed by atoms with van der Waals surface area (Å²) < 4.78 is 9.42. The Kier molecular flexibility index (Phi) is 6.63. The number of rotatable bonds is 4. The third-order valence-electron chi connectivity index (χ3n) is 11.3. The fourth-order valence-electron chi connectivity index (χ4n) is 8.70. The van der Waals surface area contributed by atoms with E-state index in [1.807, 2.05) is 36.4 Å². The van der Waals surface area contributed by atoms with E-state index in [9.17, 15) is 0 Å². The average molecular weight is 717 g/mol. The van der Waals surface area contributed by atoms with E-state index in [2.05, 4.69) is 155 Å². The largest absolute Gasteiger partial charge is 0.454 e. The molecule has 2 aromatic heterocycles. The monoisotopic (exact) mass is 716 g/mol. The molecule has 0 amide bonds. The van der Waals surface area contributed by atoms with Gasteiger partial charge < -0.3 is 14.3 Å². The van der Waals surface area contributed by atoms with Gasteiger partial charge in [-0.2, -0.15) is 0 Å². The van der Waals surface area contributed by atoms with Crippen LogP contribution in [0.3, 0.4) is 0 Å². The standard InChI is InChI=1S/C51H32N4O/c1-3-14-32(15-4-1)49-52-50(33-16-5-2-6-17-33)54-51(53-49)38-27-42-47-39-22-12-11-13-31(39)23-24-46(47)56-48(42)45(30-38)55-43-28-36-20-9-7-18-34(36)25-40(43)41-26-35-19-8-10-21-37(35)29-44(41)55/h1-30,51H,(H,52,53,54). The number of nitrogens with zero attached hydrogens (tertiary/aromatic N) is 3. The molecule has 5 nitrogen and oxygen atoms in total. The second kappa shape index (κ2) is 12.0. The lowest BCUT2D eigenvalue weighted by atomic mass is 10.0. The third kappa shape index (κ3) is 4.74. The highest BCUT2D eigenvalue weighted by molar-refractivity contribution is 6.22. The molecule has 5 heteroatoms. The van der Waals surface area contributed by atoms with E-state index in [0.29, 0.717) is 5.84 Å². The maximum Gasteiger partial charge on any atom is 0.159 e. The summed E-state index contributed by atoms with van der Waals surface area (Å²) in [6, 6.07) is 64.5. The van der Waals surface area contributed by atoms with Crippen molar-refractivity contribution in [3.63, 3.8) is 0 Å². The van der Waals surface area contributed by atoms with Crippen LogP contribution < -0.4 is 5.32 Å². The average Bonchev–Trinajstić information content (AvgIpc) is 3.80. The van der Waals surface area contributed by atoms with Gasteiger partial charge in [-0.05, 0) is 80.3 Å². The number of hydrogen-bond donors (Lipinski definition) is 1. The summed E-state index contributed by atoms with van der Waals surface area (Å²) in [5, 5.41) is 15.4. The van der Waals surface area contributed by atoms with Crippen LogP contribution in [0, 0.1) is 0 Å². The molecule has 1 atom stereocenters. The van der Waals surface area contributed by atoms with Crippen molar-refractivity contribution in [2.45, 2.75) is 6.17 Å². The summed E-state index contributed by atoms with van der Waals surface area (Å²) in [4.78, 5) is 10.4. The van der Waals surface area contributed by atoms with E-state index in [0.717, 1.165) is 66.6 Å².